The quantitative estimate of drug-likeness (QED) is 0.870. The number of benzene rings is 1. The third-order valence-electron chi connectivity index (χ3n) is 4.75. The summed E-state index contributed by atoms with van der Waals surface area (Å²) in [7, 11) is -3.27. The van der Waals surface area contributed by atoms with Crippen LogP contribution >= 0.6 is 0 Å². The van der Waals surface area contributed by atoms with Crippen molar-refractivity contribution in [2.45, 2.75) is 31.2 Å². The highest BCUT2D eigenvalue weighted by atomic mass is 32.2. The van der Waals surface area contributed by atoms with Crippen LogP contribution in [0, 0.1) is 17.6 Å². The van der Waals surface area contributed by atoms with Gasteiger partial charge < -0.3 is 5.32 Å². The van der Waals surface area contributed by atoms with Gasteiger partial charge in [-0.1, -0.05) is 6.07 Å². The van der Waals surface area contributed by atoms with E-state index in [-0.39, 0.29) is 30.3 Å². The zero-order valence-electron chi connectivity index (χ0n) is 13.3. The van der Waals surface area contributed by atoms with Gasteiger partial charge in [-0.05, 0) is 36.8 Å². The van der Waals surface area contributed by atoms with Crippen LogP contribution in [-0.2, 0) is 14.8 Å². The van der Waals surface area contributed by atoms with E-state index in [1.807, 2.05) is 0 Å². The van der Waals surface area contributed by atoms with Crippen LogP contribution in [0.2, 0.25) is 0 Å². The summed E-state index contributed by atoms with van der Waals surface area (Å²) in [4.78, 5) is 12.2. The molecule has 5 nitrogen and oxygen atoms in total. The highest BCUT2D eigenvalue weighted by molar-refractivity contribution is 7.88. The first kappa shape index (κ1) is 17.3. The summed E-state index contributed by atoms with van der Waals surface area (Å²) in [5.74, 6) is -2.04. The average Bonchev–Trinajstić information content (AvgIpc) is 3.11. The molecule has 2 fully saturated rings. The minimum absolute atomic E-state index is 0.205. The van der Waals surface area contributed by atoms with Crippen LogP contribution in [0.3, 0.4) is 0 Å². The van der Waals surface area contributed by atoms with Gasteiger partial charge in [0.25, 0.3) is 0 Å². The van der Waals surface area contributed by atoms with E-state index >= 15 is 0 Å². The van der Waals surface area contributed by atoms with Gasteiger partial charge in [0.1, 0.15) is 11.6 Å². The van der Waals surface area contributed by atoms with Gasteiger partial charge in [0.05, 0.1) is 6.26 Å². The Bertz CT molecular complexity index is 754. The zero-order chi connectivity index (χ0) is 17.5. The number of rotatable bonds is 5. The van der Waals surface area contributed by atoms with Crippen LogP contribution in [0.1, 0.15) is 30.7 Å². The molecule has 1 saturated heterocycles. The SMILES string of the molecule is CS(=O)(=O)N1CCC[C@@H]1CNC(=O)[C@@H]1C[C@@H]1c1ccc(F)cc1F. The molecule has 2 aliphatic rings. The summed E-state index contributed by atoms with van der Waals surface area (Å²) in [6.07, 6.45) is 3.19. The van der Waals surface area contributed by atoms with Crippen molar-refractivity contribution in [3.05, 3.63) is 35.4 Å². The molecular weight excluding hydrogens is 338 g/mol. The molecule has 1 amide bonds. The predicted octanol–water partition coefficient (Wildman–Crippen LogP) is 1.61. The topological polar surface area (TPSA) is 66.5 Å². The third kappa shape index (κ3) is 3.59. The van der Waals surface area contributed by atoms with Gasteiger partial charge in [-0.3, -0.25) is 4.79 Å². The molecule has 24 heavy (non-hydrogen) atoms. The molecule has 1 aromatic rings. The second-order valence-corrected chi connectivity index (χ2v) is 8.46. The van der Waals surface area contributed by atoms with Crippen molar-refractivity contribution in [2.24, 2.45) is 5.92 Å². The lowest BCUT2D eigenvalue weighted by molar-refractivity contribution is -0.122. The van der Waals surface area contributed by atoms with Gasteiger partial charge in [0, 0.05) is 31.1 Å². The van der Waals surface area contributed by atoms with E-state index in [0.29, 0.717) is 24.9 Å². The Kier molecular flexibility index (Phi) is 4.61. The van der Waals surface area contributed by atoms with E-state index in [4.69, 9.17) is 0 Å². The van der Waals surface area contributed by atoms with E-state index in [1.54, 1.807) is 0 Å². The number of sulfonamides is 1. The normalized spacial score (nSPS) is 27.2. The number of nitrogens with one attached hydrogen (secondary N) is 1. The number of hydrogen-bond acceptors (Lipinski definition) is 3. The smallest absolute Gasteiger partial charge is 0.223 e. The Balaban J connectivity index is 1.55. The number of nitrogens with zero attached hydrogens (tertiary/aromatic N) is 1. The van der Waals surface area contributed by atoms with Crippen LogP contribution in [0.15, 0.2) is 18.2 Å². The molecule has 1 aliphatic heterocycles. The second kappa shape index (κ2) is 6.40. The lowest BCUT2D eigenvalue weighted by atomic mass is 10.1. The Hall–Kier alpha value is -1.54. The Morgan fingerprint density at radius 3 is 2.79 bits per heavy atom. The standard InChI is InChI=1S/C16H20F2N2O3S/c1-24(22,23)20-6-2-3-11(20)9-19-16(21)14-8-13(14)12-5-4-10(17)7-15(12)18/h4-5,7,11,13-14H,2-3,6,8-9H2,1H3,(H,19,21)/t11-,13-,14-/m1/s1. The van der Waals surface area contributed by atoms with Crippen LogP contribution in [0.4, 0.5) is 8.78 Å². The molecule has 1 N–H and O–H groups in total. The first-order valence-electron chi connectivity index (χ1n) is 7.97. The Labute approximate surface area is 140 Å². The van der Waals surface area contributed by atoms with Gasteiger partial charge in [0.15, 0.2) is 0 Å². The molecule has 1 aromatic carbocycles. The van der Waals surface area contributed by atoms with Crippen molar-refractivity contribution in [3.63, 3.8) is 0 Å². The fraction of sp³-hybridized carbons (Fsp3) is 0.562. The maximum absolute atomic E-state index is 13.7. The molecule has 0 aromatic heterocycles. The molecule has 1 saturated carbocycles. The number of hydrogen-bond donors (Lipinski definition) is 1. The van der Waals surface area contributed by atoms with Crippen molar-refractivity contribution in [1.29, 1.82) is 0 Å². The van der Waals surface area contributed by atoms with E-state index in [2.05, 4.69) is 5.32 Å². The minimum Gasteiger partial charge on any atom is -0.354 e. The molecule has 8 heteroatoms. The van der Waals surface area contributed by atoms with Crippen molar-refractivity contribution in [3.8, 4) is 0 Å². The van der Waals surface area contributed by atoms with Crippen molar-refractivity contribution >= 4 is 15.9 Å². The first-order valence-corrected chi connectivity index (χ1v) is 9.81. The lowest BCUT2D eigenvalue weighted by Crippen LogP contribution is -2.43. The maximum Gasteiger partial charge on any atom is 0.223 e. The van der Waals surface area contributed by atoms with Crippen LogP contribution in [0.5, 0.6) is 0 Å². The maximum atomic E-state index is 13.7. The Morgan fingerprint density at radius 1 is 1.38 bits per heavy atom. The molecule has 0 bridgehead atoms. The molecule has 3 rings (SSSR count). The van der Waals surface area contributed by atoms with Crippen LogP contribution in [0.25, 0.3) is 0 Å². The largest absolute Gasteiger partial charge is 0.354 e. The molecular formula is C16H20F2N2O3S. The number of halogens is 2. The fourth-order valence-electron chi connectivity index (χ4n) is 3.43. The van der Waals surface area contributed by atoms with E-state index in [0.717, 1.165) is 12.5 Å². The van der Waals surface area contributed by atoms with Crippen molar-refractivity contribution in [1.82, 2.24) is 9.62 Å². The second-order valence-electron chi connectivity index (χ2n) is 6.53. The lowest BCUT2D eigenvalue weighted by Gasteiger charge is -2.22. The van der Waals surface area contributed by atoms with Gasteiger partial charge in [-0.15, -0.1) is 0 Å². The fourth-order valence-corrected chi connectivity index (χ4v) is 4.61. The molecule has 1 aliphatic carbocycles. The number of amides is 1. The predicted molar refractivity (Wildman–Crippen MR) is 84.8 cm³/mol. The van der Waals surface area contributed by atoms with E-state index in [1.165, 1.54) is 22.7 Å². The van der Waals surface area contributed by atoms with Gasteiger partial charge in [0.2, 0.25) is 15.9 Å². The molecule has 0 radical (unpaired) electrons. The molecule has 3 atom stereocenters. The van der Waals surface area contributed by atoms with Crippen LogP contribution in [-0.4, -0.2) is 44.0 Å². The summed E-state index contributed by atoms with van der Waals surface area (Å²) < 4.78 is 51.5. The monoisotopic (exact) mass is 358 g/mol. The summed E-state index contributed by atoms with van der Waals surface area (Å²) in [6, 6.07) is 3.17. The number of carbonyl (C=O) groups is 1. The van der Waals surface area contributed by atoms with Crippen molar-refractivity contribution in [2.75, 3.05) is 19.3 Å². The van der Waals surface area contributed by atoms with Gasteiger partial charge in [-0.25, -0.2) is 17.2 Å². The average molecular weight is 358 g/mol. The minimum atomic E-state index is -3.27. The zero-order valence-corrected chi connectivity index (χ0v) is 14.2. The third-order valence-corrected chi connectivity index (χ3v) is 6.08. The summed E-state index contributed by atoms with van der Waals surface area (Å²) >= 11 is 0. The van der Waals surface area contributed by atoms with Crippen LogP contribution < -0.4 is 5.32 Å². The highest BCUT2D eigenvalue weighted by Gasteiger charge is 2.45. The Morgan fingerprint density at radius 2 is 2.12 bits per heavy atom. The van der Waals surface area contributed by atoms with E-state index < -0.39 is 21.7 Å². The summed E-state index contributed by atoms with van der Waals surface area (Å²) in [5.41, 5.74) is 0.357. The van der Waals surface area contributed by atoms with E-state index in [9.17, 15) is 22.0 Å². The summed E-state index contributed by atoms with van der Waals surface area (Å²) in [6.45, 7) is 0.743. The molecule has 132 valence electrons. The summed E-state index contributed by atoms with van der Waals surface area (Å²) in [5, 5.41) is 2.78. The highest BCUT2D eigenvalue weighted by Crippen LogP contribution is 2.48. The van der Waals surface area contributed by atoms with Crippen molar-refractivity contribution < 1.29 is 22.0 Å². The molecule has 0 spiro atoms. The molecule has 0 unspecified atom stereocenters. The van der Waals surface area contributed by atoms with Gasteiger partial charge >= 0.3 is 0 Å². The molecule has 1 heterocycles. The van der Waals surface area contributed by atoms with Gasteiger partial charge in [-0.2, -0.15) is 4.31 Å². The first-order chi connectivity index (χ1) is 11.3. The number of carbonyl (C=O) groups excluding carboxylic acids is 1.